The molecule has 1 unspecified atom stereocenters. The van der Waals surface area contributed by atoms with Gasteiger partial charge in [0.05, 0.1) is 0 Å². The van der Waals surface area contributed by atoms with Crippen molar-refractivity contribution in [2.45, 2.75) is 39.5 Å². The van der Waals surface area contributed by atoms with Crippen molar-refractivity contribution >= 4 is 32.5 Å². The van der Waals surface area contributed by atoms with Crippen molar-refractivity contribution in [2.24, 2.45) is 11.3 Å². The Balaban J connectivity index is 2.08. The number of benzene rings is 2. The second-order valence-corrected chi connectivity index (χ2v) is 7.65. The normalized spacial score (nSPS) is 21.4. The van der Waals surface area contributed by atoms with Crippen LogP contribution in [0.1, 0.15) is 49.9 Å². The maximum Gasteiger partial charge on any atom is 0.167 e. The maximum absolute atomic E-state index is 13.1. The second kappa shape index (κ2) is 5.57. The van der Waals surface area contributed by atoms with Crippen LogP contribution in [0.3, 0.4) is 0 Å². The molecule has 0 spiro atoms. The lowest BCUT2D eigenvalue weighted by Gasteiger charge is -2.37. The molecule has 1 fully saturated rings. The van der Waals surface area contributed by atoms with Gasteiger partial charge in [0.25, 0.3) is 0 Å². The van der Waals surface area contributed by atoms with E-state index in [1.165, 1.54) is 12.8 Å². The molecular formula is C19H21BrO. The van der Waals surface area contributed by atoms with Gasteiger partial charge < -0.3 is 0 Å². The molecule has 110 valence electrons. The molecule has 2 aromatic rings. The van der Waals surface area contributed by atoms with Gasteiger partial charge >= 0.3 is 0 Å². The molecule has 3 rings (SSSR count). The van der Waals surface area contributed by atoms with Crippen LogP contribution < -0.4 is 0 Å². The van der Waals surface area contributed by atoms with E-state index in [0.717, 1.165) is 33.7 Å². The summed E-state index contributed by atoms with van der Waals surface area (Å²) in [6.45, 7) is 4.49. The van der Waals surface area contributed by atoms with Crippen LogP contribution >= 0.6 is 15.9 Å². The van der Waals surface area contributed by atoms with Crippen LogP contribution in [0.15, 0.2) is 40.9 Å². The van der Waals surface area contributed by atoms with Gasteiger partial charge in [0.1, 0.15) is 0 Å². The number of fused-ring (bicyclic) bond motifs is 1. The molecule has 0 aromatic heterocycles. The number of carbonyl (C=O) groups is 1. The smallest absolute Gasteiger partial charge is 0.167 e. The van der Waals surface area contributed by atoms with Crippen LogP contribution in [0.2, 0.25) is 0 Å². The van der Waals surface area contributed by atoms with E-state index in [2.05, 4.69) is 41.9 Å². The van der Waals surface area contributed by atoms with Crippen LogP contribution in [0.25, 0.3) is 10.8 Å². The lowest BCUT2D eigenvalue weighted by Crippen LogP contribution is -2.34. The SMILES string of the molecule is CC1(C)CCCCC1C(=O)c1ccc(Br)c2ccccc12. The fraction of sp³-hybridized carbons (Fsp3) is 0.421. The molecule has 1 aliphatic rings. The van der Waals surface area contributed by atoms with E-state index in [-0.39, 0.29) is 11.3 Å². The molecule has 2 heteroatoms. The molecule has 1 atom stereocenters. The lowest BCUT2D eigenvalue weighted by atomic mass is 9.66. The average Bonchev–Trinajstić information content (AvgIpc) is 2.47. The molecule has 0 heterocycles. The second-order valence-electron chi connectivity index (χ2n) is 6.79. The van der Waals surface area contributed by atoms with Crippen molar-refractivity contribution in [2.75, 3.05) is 0 Å². The van der Waals surface area contributed by atoms with Crippen molar-refractivity contribution in [1.29, 1.82) is 0 Å². The minimum Gasteiger partial charge on any atom is -0.294 e. The highest BCUT2D eigenvalue weighted by Gasteiger charge is 2.37. The van der Waals surface area contributed by atoms with Crippen LogP contribution in [0.5, 0.6) is 0 Å². The fourth-order valence-corrected chi connectivity index (χ4v) is 4.12. The lowest BCUT2D eigenvalue weighted by molar-refractivity contribution is 0.0699. The highest BCUT2D eigenvalue weighted by Crippen LogP contribution is 2.43. The van der Waals surface area contributed by atoms with Crippen molar-refractivity contribution in [3.8, 4) is 0 Å². The van der Waals surface area contributed by atoms with Gasteiger partial charge in [-0.15, -0.1) is 0 Å². The van der Waals surface area contributed by atoms with Crippen molar-refractivity contribution in [3.63, 3.8) is 0 Å². The van der Waals surface area contributed by atoms with E-state index in [1.807, 2.05) is 24.3 Å². The van der Waals surface area contributed by atoms with E-state index < -0.39 is 0 Å². The predicted molar refractivity (Wildman–Crippen MR) is 91.7 cm³/mol. The molecule has 1 nitrogen and oxygen atoms in total. The molecule has 0 amide bonds. The highest BCUT2D eigenvalue weighted by atomic mass is 79.9. The molecule has 0 bridgehead atoms. The molecule has 1 aliphatic carbocycles. The first-order chi connectivity index (χ1) is 10.0. The molecule has 1 saturated carbocycles. The number of halogens is 1. The molecule has 21 heavy (non-hydrogen) atoms. The Morgan fingerprint density at radius 1 is 1.10 bits per heavy atom. The summed E-state index contributed by atoms with van der Waals surface area (Å²) in [5, 5.41) is 2.19. The van der Waals surface area contributed by atoms with Gasteiger partial charge in [-0.05, 0) is 41.2 Å². The van der Waals surface area contributed by atoms with Crippen LogP contribution in [0.4, 0.5) is 0 Å². The van der Waals surface area contributed by atoms with Gasteiger partial charge in [0.2, 0.25) is 0 Å². The summed E-state index contributed by atoms with van der Waals surface area (Å²) in [5.74, 6) is 0.472. The van der Waals surface area contributed by atoms with Crippen molar-refractivity contribution in [1.82, 2.24) is 0 Å². The molecule has 0 N–H and O–H groups in total. The van der Waals surface area contributed by atoms with Gasteiger partial charge in [0.15, 0.2) is 5.78 Å². The molecule has 0 radical (unpaired) electrons. The summed E-state index contributed by atoms with van der Waals surface area (Å²) in [4.78, 5) is 13.1. The number of hydrogen-bond acceptors (Lipinski definition) is 1. The van der Waals surface area contributed by atoms with Gasteiger partial charge in [-0.25, -0.2) is 0 Å². The molecule has 0 saturated heterocycles. The zero-order valence-electron chi connectivity index (χ0n) is 12.7. The van der Waals surface area contributed by atoms with E-state index in [9.17, 15) is 4.79 Å². The highest BCUT2D eigenvalue weighted by molar-refractivity contribution is 9.10. The van der Waals surface area contributed by atoms with E-state index >= 15 is 0 Å². The minimum atomic E-state index is 0.115. The third-order valence-electron chi connectivity index (χ3n) is 4.96. The fourth-order valence-electron chi connectivity index (χ4n) is 3.64. The number of ketones is 1. The van der Waals surface area contributed by atoms with Gasteiger partial charge in [0, 0.05) is 16.0 Å². The first kappa shape index (κ1) is 14.8. The summed E-state index contributed by atoms with van der Waals surface area (Å²) < 4.78 is 1.05. The Morgan fingerprint density at radius 2 is 1.81 bits per heavy atom. The Bertz CT molecular complexity index is 687. The number of Topliss-reactive ketones (excluding diaryl/α,β-unsaturated/α-hetero) is 1. The van der Waals surface area contributed by atoms with Crippen molar-refractivity contribution in [3.05, 3.63) is 46.4 Å². The van der Waals surface area contributed by atoms with Gasteiger partial charge in [-0.2, -0.15) is 0 Å². The number of rotatable bonds is 2. The Hall–Kier alpha value is -1.15. The largest absolute Gasteiger partial charge is 0.294 e. The molecule has 0 aliphatic heterocycles. The third kappa shape index (κ3) is 2.66. The van der Waals surface area contributed by atoms with E-state index in [4.69, 9.17) is 0 Å². The first-order valence-corrected chi connectivity index (χ1v) is 8.51. The summed E-state index contributed by atoms with van der Waals surface area (Å²) >= 11 is 3.59. The molecule has 2 aromatic carbocycles. The van der Waals surface area contributed by atoms with Gasteiger partial charge in [-0.1, -0.05) is 66.9 Å². The van der Waals surface area contributed by atoms with E-state index in [0.29, 0.717) is 5.78 Å². The predicted octanol–water partition coefficient (Wildman–Crippen LogP) is 6.00. The zero-order valence-corrected chi connectivity index (χ0v) is 14.2. The zero-order chi connectivity index (χ0) is 15.0. The Morgan fingerprint density at radius 3 is 2.52 bits per heavy atom. The summed E-state index contributed by atoms with van der Waals surface area (Å²) in [6.07, 6.45) is 4.60. The van der Waals surface area contributed by atoms with Gasteiger partial charge in [-0.3, -0.25) is 4.79 Å². The Labute approximate surface area is 134 Å². The van der Waals surface area contributed by atoms with Crippen LogP contribution in [-0.2, 0) is 0 Å². The standard InChI is InChI=1S/C19H21BrO/c1-19(2)12-6-5-9-16(19)18(21)15-10-11-17(20)14-8-4-3-7-13(14)15/h3-4,7-8,10-11,16H,5-6,9,12H2,1-2H3. The summed E-state index contributed by atoms with van der Waals surface area (Å²) in [5.41, 5.74) is 0.998. The maximum atomic E-state index is 13.1. The number of carbonyl (C=O) groups excluding carboxylic acids is 1. The first-order valence-electron chi connectivity index (χ1n) is 7.72. The monoisotopic (exact) mass is 344 g/mol. The van der Waals surface area contributed by atoms with E-state index in [1.54, 1.807) is 0 Å². The summed E-state index contributed by atoms with van der Waals surface area (Å²) in [7, 11) is 0. The average molecular weight is 345 g/mol. The molecular weight excluding hydrogens is 324 g/mol. The van der Waals surface area contributed by atoms with Crippen molar-refractivity contribution < 1.29 is 4.79 Å². The third-order valence-corrected chi connectivity index (χ3v) is 5.65. The Kier molecular flexibility index (Phi) is 3.92. The van der Waals surface area contributed by atoms with Crippen LogP contribution in [0, 0.1) is 11.3 Å². The quantitative estimate of drug-likeness (QED) is 0.610. The minimum absolute atomic E-state index is 0.115. The summed E-state index contributed by atoms with van der Waals surface area (Å²) in [6, 6.07) is 12.2. The number of hydrogen-bond donors (Lipinski definition) is 0. The van der Waals surface area contributed by atoms with Crippen LogP contribution in [-0.4, -0.2) is 5.78 Å². The topological polar surface area (TPSA) is 17.1 Å².